The third kappa shape index (κ3) is 2.75. The van der Waals surface area contributed by atoms with Crippen LogP contribution < -0.4 is 10.2 Å². The van der Waals surface area contributed by atoms with Gasteiger partial charge in [0.15, 0.2) is 5.82 Å². The molecular weight excluding hydrogens is 307 g/mol. The molecule has 22 heavy (non-hydrogen) atoms. The summed E-state index contributed by atoms with van der Waals surface area (Å²) in [5.74, 6) is 0.567. The highest BCUT2D eigenvalue weighted by Gasteiger charge is 2.10. The lowest BCUT2D eigenvalue weighted by molar-refractivity contribution is 0.628. The van der Waals surface area contributed by atoms with E-state index in [9.17, 15) is 4.39 Å². The fourth-order valence-corrected chi connectivity index (χ4v) is 2.04. The summed E-state index contributed by atoms with van der Waals surface area (Å²) in [7, 11) is 3.69. The zero-order valence-corrected chi connectivity index (χ0v) is 12.6. The second kappa shape index (κ2) is 5.69. The van der Waals surface area contributed by atoms with Crippen molar-refractivity contribution in [1.82, 2.24) is 19.9 Å². The van der Waals surface area contributed by atoms with E-state index in [-0.39, 0.29) is 5.02 Å². The summed E-state index contributed by atoms with van der Waals surface area (Å²) in [4.78, 5) is 18.7. The maximum absolute atomic E-state index is 13.2. The first-order chi connectivity index (χ1) is 10.5. The zero-order valence-electron chi connectivity index (χ0n) is 11.9. The molecule has 0 amide bonds. The first-order valence-corrected chi connectivity index (χ1v) is 6.79. The third-order valence-electron chi connectivity index (χ3n) is 2.95. The van der Waals surface area contributed by atoms with Crippen LogP contribution in [0.15, 0.2) is 30.7 Å². The summed E-state index contributed by atoms with van der Waals surface area (Å²) in [5, 5.41) is 3.10. The van der Waals surface area contributed by atoms with Gasteiger partial charge in [-0.1, -0.05) is 11.6 Å². The Morgan fingerprint density at radius 3 is 2.73 bits per heavy atom. The van der Waals surface area contributed by atoms with Gasteiger partial charge in [0.05, 0.1) is 11.2 Å². The van der Waals surface area contributed by atoms with E-state index in [2.05, 4.69) is 25.3 Å². The molecule has 1 aromatic carbocycles. The number of anilines is 3. The topological polar surface area (TPSA) is 66.8 Å². The summed E-state index contributed by atoms with van der Waals surface area (Å²) in [5.41, 5.74) is 1.79. The molecule has 0 spiro atoms. The second-order valence-electron chi connectivity index (χ2n) is 4.77. The largest absolute Gasteiger partial charge is 0.347 e. The highest BCUT2D eigenvalue weighted by molar-refractivity contribution is 6.31. The number of halogens is 2. The lowest BCUT2D eigenvalue weighted by Crippen LogP contribution is -2.13. The van der Waals surface area contributed by atoms with Crippen LogP contribution >= 0.6 is 11.6 Å². The molecule has 3 rings (SSSR count). The van der Waals surface area contributed by atoms with E-state index < -0.39 is 5.82 Å². The molecule has 0 saturated heterocycles. The van der Waals surface area contributed by atoms with Crippen molar-refractivity contribution in [2.75, 3.05) is 24.3 Å². The molecule has 0 aliphatic rings. The van der Waals surface area contributed by atoms with Crippen LogP contribution in [-0.2, 0) is 0 Å². The Labute approximate surface area is 131 Å². The summed E-state index contributed by atoms with van der Waals surface area (Å²) in [6, 6.07) is 4.34. The predicted molar refractivity (Wildman–Crippen MR) is 84.1 cm³/mol. The van der Waals surface area contributed by atoms with Crippen molar-refractivity contribution in [2.45, 2.75) is 0 Å². The molecule has 0 aliphatic carbocycles. The minimum Gasteiger partial charge on any atom is -0.347 e. The molecule has 8 heteroatoms. The minimum atomic E-state index is -0.475. The Balaban J connectivity index is 2.05. The molecule has 6 nitrogen and oxygen atoms in total. The van der Waals surface area contributed by atoms with Gasteiger partial charge in [-0.2, -0.15) is 0 Å². The van der Waals surface area contributed by atoms with Crippen molar-refractivity contribution in [3.8, 4) is 0 Å². The number of rotatable bonds is 3. The molecule has 1 N–H and O–H groups in total. The molecule has 0 unspecified atom stereocenters. The minimum absolute atomic E-state index is 0.0342. The van der Waals surface area contributed by atoms with Crippen LogP contribution in [0.25, 0.3) is 11.0 Å². The van der Waals surface area contributed by atoms with Gasteiger partial charge in [0.1, 0.15) is 23.2 Å². The fraction of sp³-hybridized carbons (Fsp3) is 0.143. The zero-order chi connectivity index (χ0) is 15.7. The van der Waals surface area contributed by atoms with Crippen LogP contribution in [-0.4, -0.2) is 34.0 Å². The maximum Gasteiger partial charge on any atom is 0.225 e. The van der Waals surface area contributed by atoms with Crippen LogP contribution in [0.1, 0.15) is 0 Å². The predicted octanol–water partition coefficient (Wildman–Crippen LogP) is 3.02. The van der Waals surface area contributed by atoms with Crippen molar-refractivity contribution in [1.29, 1.82) is 0 Å². The number of benzene rings is 1. The molecular formula is C14H12ClFN6. The summed E-state index contributed by atoms with van der Waals surface area (Å²) >= 11 is 5.79. The Bertz CT molecular complexity index is 839. The fourth-order valence-electron chi connectivity index (χ4n) is 1.86. The number of aromatic nitrogens is 4. The molecule has 2 heterocycles. The van der Waals surface area contributed by atoms with Gasteiger partial charge in [-0.3, -0.25) is 0 Å². The number of hydrogen-bond donors (Lipinski definition) is 1. The van der Waals surface area contributed by atoms with Gasteiger partial charge < -0.3 is 10.2 Å². The molecule has 2 aromatic heterocycles. The van der Waals surface area contributed by atoms with Crippen molar-refractivity contribution in [3.05, 3.63) is 41.6 Å². The van der Waals surface area contributed by atoms with Gasteiger partial charge in [-0.05, 0) is 18.2 Å². The summed E-state index contributed by atoms with van der Waals surface area (Å²) < 4.78 is 13.2. The Hall–Kier alpha value is -2.54. The van der Waals surface area contributed by atoms with Crippen LogP contribution in [0, 0.1) is 5.82 Å². The molecule has 0 saturated carbocycles. The SMILES string of the molecule is CN(C)c1ncc2ncnc(Nc3ccc(F)c(Cl)c3)c2n1. The molecule has 0 aliphatic heterocycles. The van der Waals surface area contributed by atoms with Gasteiger partial charge in [0.25, 0.3) is 0 Å². The van der Waals surface area contributed by atoms with Gasteiger partial charge in [-0.15, -0.1) is 0 Å². The van der Waals surface area contributed by atoms with E-state index in [0.717, 1.165) is 0 Å². The van der Waals surface area contributed by atoms with E-state index >= 15 is 0 Å². The van der Waals surface area contributed by atoms with Crippen molar-refractivity contribution in [3.63, 3.8) is 0 Å². The van der Waals surface area contributed by atoms with Gasteiger partial charge in [-0.25, -0.2) is 24.3 Å². The van der Waals surface area contributed by atoms with Crippen molar-refractivity contribution < 1.29 is 4.39 Å². The van der Waals surface area contributed by atoms with E-state index in [4.69, 9.17) is 11.6 Å². The average Bonchev–Trinajstić information content (AvgIpc) is 2.51. The van der Waals surface area contributed by atoms with Crippen LogP contribution in [0.2, 0.25) is 5.02 Å². The first kappa shape index (κ1) is 14.4. The maximum atomic E-state index is 13.2. The summed E-state index contributed by atoms with van der Waals surface area (Å²) in [6.45, 7) is 0. The quantitative estimate of drug-likeness (QED) is 0.800. The van der Waals surface area contributed by atoms with E-state index in [1.165, 1.54) is 18.5 Å². The van der Waals surface area contributed by atoms with E-state index in [1.807, 2.05) is 14.1 Å². The monoisotopic (exact) mass is 318 g/mol. The first-order valence-electron chi connectivity index (χ1n) is 6.42. The molecule has 0 atom stereocenters. The van der Waals surface area contributed by atoms with Gasteiger partial charge in [0, 0.05) is 19.8 Å². The van der Waals surface area contributed by atoms with E-state index in [1.54, 1.807) is 17.2 Å². The molecule has 0 fully saturated rings. The van der Waals surface area contributed by atoms with Crippen LogP contribution in [0.4, 0.5) is 21.8 Å². The van der Waals surface area contributed by atoms with Gasteiger partial charge >= 0.3 is 0 Å². The van der Waals surface area contributed by atoms with E-state index in [0.29, 0.717) is 28.5 Å². The Morgan fingerprint density at radius 2 is 2.00 bits per heavy atom. The molecule has 112 valence electrons. The summed E-state index contributed by atoms with van der Waals surface area (Å²) in [6.07, 6.45) is 3.04. The molecule has 0 radical (unpaired) electrons. The lowest BCUT2D eigenvalue weighted by Gasteiger charge is -2.12. The average molecular weight is 319 g/mol. The molecule has 3 aromatic rings. The lowest BCUT2D eigenvalue weighted by atomic mass is 10.3. The smallest absolute Gasteiger partial charge is 0.225 e. The number of hydrogen-bond acceptors (Lipinski definition) is 6. The highest BCUT2D eigenvalue weighted by atomic mass is 35.5. The highest BCUT2D eigenvalue weighted by Crippen LogP contribution is 2.25. The standard InChI is InChI=1S/C14H12ClFN6/c1-22(2)14-17-6-11-12(21-14)13(19-7-18-11)20-8-3-4-10(16)9(15)5-8/h3-7H,1-2H3,(H,18,19,20). The van der Waals surface area contributed by atoms with Gasteiger partial charge in [0.2, 0.25) is 5.95 Å². The normalized spacial score (nSPS) is 10.7. The number of nitrogens with one attached hydrogen (secondary N) is 1. The van der Waals surface area contributed by atoms with Crippen molar-refractivity contribution in [2.24, 2.45) is 0 Å². The number of nitrogens with zero attached hydrogens (tertiary/aromatic N) is 5. The van der Waals surface area contributed by atoms with Crippen molar-refractivity contribution >= 4 is 40.1 Å². The molecule has 0 bridgehead atoms. The van der Waals surface area contributed by atoms with Crippen LogP contribution in [0.3, 0.4) is 0 Å². The third-order valence-corrected chi connectivity index (χ3v) is 3.24. The Morgan fingerprint density at radius 1 is 1.18 bits per heavy atom. The second-order valence-corrected chi connectivity index (χ2v) is 5.18. The Kier molecular flexibility index (Phi) is 3.72. The number of fused-ring (bicyclic) bond motifs is 1. The van der Waals surface area contributed by atoms with Crippen LogP contribution in [0.5, 0.6) is 0 Å².